The van der Waals surface area contributed by atoms with Crippen LogP contribution < -0.4 is 0 Å². The van der Waals surface area contributed by atoms with Crippen molar-refractivity contribution in [2.24, 2.45) is 5.41 Å². The van der Waals surface area contributed by atoms with E-state index in [2.05, 4.69) is 0 Å². The van der Waals surface area contributed by atoms with E-state index in [1.54, 1.807) is 0 Å². The number of alkyl halides is 3. The summed E-state index contributed by atoms with van der Waals surface area (Å²) in [6.07, 6.45) is -2.26. The number of hydrogen-bond acceptors (Lipinski definition) is 1. The molecule has 1 aromatic carbocycles. The number of halogens is 4. The summed E-state index contributed by atoms with van der Waals surface area (Å²) in [5.74, 6) is 0. The molecule has 0 bridgehead atoms. The maximum absolute atomic E-state index is 12.5. The van der Waals surface area contributed by atoms with Crippen molar-refractivity contribution in [3.8, 4) is 0 Å². The van der Waals surface area contributed by atoms with E-state index >= 15 is 0 Å². The summed E-state index contributed by atoms with van der Waals surface area (Å²) in [7, 11) is 0. The molecule has 94 valence electrons. The molecule has 0 heterocycles. The predicted octanol–water partition coefficient (Wildman–Crippen LogP) is 3.67. The molecular weight excluding hydrogens is 253 g/mol. The van der Waals surface area contributed by atoms with Gasteiger partial charge < -0.3 is 5.11 Å². The number of hydrogen-bond donors (Lipinski definition) is 1. The number of benzene rings is 1. The second kappa shape index (κ2) is 4.18. The third-order valence-electron chi connectivity index (χ3n) is 3.23. The van der Waals surface area contributed by atoms with Crippen molar-refractivity contribution < 1.29 is 18.3 Å². The molecule has 2 rings (SSSR count). The Labute approximate surface area is 102 Å². The van der Waals surface area contributed by atoms with E-state index in [0.29, 0.717) is 17.0 Å². The maximum atomic E-state index is 12.5. The smallest absolute Gasteiger partial charge is 0.396 e. The van der Waals surface area contributed by atoms with Gasteiger partial charge in [-0.3, -0.25) is 0 Å². The van der Waals surface area contributed by atoms with Gasteiger partial charge in [0.1, 0.15) is 0 Å². The molecule has 0 aromatic heterocycles. The van der Waals surface area contributed by atoms with Crippen molar-refractivity contribution in [1.29, 1.82) is 0 Å². The molecule has 5 heteroatoms. The third-order valence-corrected chi connectivity index (χ3v) is 3.60. The van der Waals surface area contributed by atoms with E-state index in [1.807, 2.05) is 0 Å². The Morgan fingerprint density at radius 3 is 2.41 bits per heavy atom. The fourth-order valence-electron chi connectivity index (χ4n) is 1.86. The zero-order valence-electron chi connectivity index (χ0n) is 9.02. The summed E-state index contributed by atoms with van der Waals surface area (Å²) in [6, 6.07) is 3.33. The SMILES string of the molecule is OCC1(Cc2cc(C(F)(F)F)ccc2Cl)CC1. The molecule has 1 aliphatic carbocycles. The minimum Gasteiger partial charge on any atom is -0.396 e. The second-order valence-corrected chi connectivity index (χ2v) is 5.05. The van der Waals surface area contributed by atoms with Crippen LogP contribution in [0.5, 0.6) is 0 Å². The van der Waals surface area contributed by atoms with Gasteiger partial charge in [0.25, 0.3) is 0 Å². The highest BCUT2D eigenvalue weighted by Crippen LogP contribution is 2.49. The van der Waals surface area contributed by atoms with Crippen molar-refractivity contribution in [2.45, 2.75) is 25.4 Å². The van der Waals surface area contributed by atoms with Gasteiger partial charge in [0, 0.05) is 11.6 Å². The summed E-state index contributed by atoms with van der Waals surface area (Å²) in [6.45, 7) is -0.000422. The minimum absolute atomic E-state index is 0.000422. The van der Waals surface area contributed by atoms with Crippen LogP contribution >= 0.6 is 11.6 Å². The monoisotopic (exact) mass is 264 g/mol. The van der Waals surface area contributed by atoms with Gasteiger partial charge in [-0.1, -0.05) is 11.6 Å². The molecule has 1 saturated carbocycles. The molecule has 1 fully saturated rings. The van der Waals surface area contributed by atoms with E-state index < -0.39 is 11.7 Å². The minimum atomic E-state index is -4.35. The average Bonchev–Trinajstić information content (AvgIpc) is 3.00. The van der Waals surface area contributed by atoms with Crippen molar-refractivity contribution in [3.05, 3.63) is 34.3 Å². The Balaban J connectivity index is 2.27. The molecule has 1 nitrogen and oxygen atoms in total. The van der Waals surface area contributed by atoms with Crippen LogP contribution in [0.3, 0.4) is 0 Å². The summed E-state index contributed by atoms with van der Waals surface area (Å²) in [5.41, 5.74) is -0.466. The first-order valence-corrected chi connectivity index (χ1v) is 5.71. The van der Waals surface area contributed by atoms with Crippen LogP contribution in [0.15, 0.2) is 18.2 Å². The van der Waals surface area contributed by atoms with E-state index in [-0.39, 0.29) is 12.0 Å². The van der Waals surface area contributed by atoms with E-state index in [0.717, 1.165) is 25.0 Å². The molecule has 0 aliphatic heterocycles. The summed E-state index contributed by atoms with van der Waals surface area (Å²) in [5, 5.41) is 9.50. The number of rotatable bonds is 3. The summed E-state index contributed by atoms with van der Waals surface area (Å²) >= 11 is 5.89. The zero-order chi connectivity index (χ0) is 12.7. The maximum Gasteiger partial charge on any atom is 0.416 e. The lowest BCUT2D eigenvalue weighted by molar-refractivity contribution is -0.137. The summed E-state index contributed by atoms with van der Waals surface area (Å²) < 4.78 is 37.6. The molecule has 1 aromatic rings. The van der Waals surface area contributed by atoms with Gasteiger partial charge in [0.15, 0.2) is 0 Å². The fraction of sp³-hybridized carbons (Fsp3) is 0.500. The lowest BCUT2D eigenvalue weighted by atomic mass is 9.96. The van der Waals surface area contributed by atoms with Crippen LogP contribution in [0.2, 0.25) is 5.02 Å². The molecule has 0 saturated heterocycles. The molecule has 0 unspecified atom stereocenters. The molecule has 0 atom stereocenters. The second-order valence-electron chi connectivity index (χ2n) is 4.64. The topological polar surface area (TPSA) is 20.2 Å². The highest BCUT2D eigenvalue weighted by atomic mass is 35.5. The van der Waals surface area contributed by atoms with Crippen LogP contribution in [0.4, 0.5) is 13.2 Å². The summed E-state index contributed by atoms with van der Waals surface area (Å²) in [4.78, 5) is 0. The van der Waals surface area contributed by atoms with Crippen LogP contribution in [0.25, 0.3) is 0 Å². The highest BCUT2D eigenvalue weighted by molar-refractivity contribution is 6.31. The van der Waals surface area contributed by atoms with Crippen molar-refractivity contribution in [1.82, 2.24) is 0 Å². The van der Waals surface area contributed by atoms with Gasteiger partial charge in [-0.15, -0.1) is 0 Å². The van der Waals surface area contributed by atoms with Crippen LogP contribution in [-0.4, -0.2) is 11.7 Å². The quantitative estimate of drug-likeness (QED) is 0.883. The van der Waals surface area contributed by atoms with E-state index in [1.165, 1.54) is 6.07 Å². The number of aliphatic hydroxyl groups is 1. The largest absolute Gasteiger partial charge is 0.416 e. The standard InChI is InChI=1S/C12H12ClF3O/c13-10-2-1-9(12(14,15)16)5-8(10)6-11(7-17)3-4-11/h1-2,5,17H,3-4,6-7H2. The van der Waals surface area contributed by atoms with Crippen molar-refractivity contribution in [3.63, 3.8) is 0 Å². The lowest BCUT2D eigenvalue weighted by Gasteiger charge is -2.15. The highest BCUT2D eigenvalue weighted by Gasteiger charge is 2.42. The molecule has 0 radical (unpaired) electrons. The van der Waals surface area contributed by atoms with Crippen LogP contribution in [0.1, 0.15) is 24.0 Å². The molecule has 1 N–H and O–H groups in total. The lowest BCUT2D eigenvalue weighted by Crippen LogP contribution is -2.12. The van der Waals surface area contributed by atoms with Gasteiger partial charge in [0.05, 0.1) is 5.56 Å². The molecule has 0 amide bonds. The predicted molar refractivity (Wildman–Crippen MR) is 58.9 cm³/mol. The van der Waals surface area contributed by atoms with E-state index in [4.69, 9.17) is 11.6 Å². The molecular formula is C12H12ClF3O. The van der Waals surface area contributed by atoms with E-state index in [9.17, 15) is 18.3 Å². The van der Waals surface area contributed by atoms with Crippen molar-refractivity contribution in [2.75, 3.05) is 6.61 Å². The van der Waals surface area contributed by atoms with Crippen LogP contribution in [-0.2, 0) is 12.6 Å². The Morgan fingerprint density at radius 2 is 1.94 bits per heavy atom. The normalized spacial score (nSPS) is 18.2. The zero-order valence-corrected chi connectivity index (χ0v) is 9.78. The van der Waals surface area contributed by atoms with Gasteiger partial charge in [-0.2, -0.15) is 13.2 Å². The Hall–Kier alpha value is -0.740. The number of aliphatic hydroxyl groups excluding tert-OH is 1. The van der Waals surface area contributed by atoms with Gasteiger partial charge in [-0.05, 0) is 48.4 Å². The molecule has 0 spiro atoms. The van der Waals surface area contributed by atoms with Crippen molar-refractivity contribution >= 4 is 11.6 Å². The van der Waals surface area contributed by atoms with Gasteiger partial charge in [0.2, 0.25) is 0 Å². The average molecular weight is 265 g/mol. The van der Waals surface area contributed by atoms with Gasteiger partial charge in [-0.25, -0.2) is 0 Å². The van der Waals surface area contributed by atoms with Gasteiger partial charge >= 0.3 is 6.18 Å². The Bertz CT molecular complexity index is 424. The Kier molecular flexibility index (Phi) is 3.12. The first kappa shape index (κ1) is 12.7. The Morgan fingerprint density at radius 1 is 1.29 bits per heavy atom. The first-order valence-electron chi connectivity index (χ1n) is 5.33. The molecule has 1 aliphatic rings. The first-order chi connectivity index (χ1) is 7.86. The van der Waals surface area contributed by atoms with Crippen LogP contribution in [0, 0.1) is 5.41 Å². The third kappa shape index (κ3) is 2.75. The molecule has 17 heavy (non-hydrogen) atoms. The fourth-order valence-corrected chi connectivity index (χ4v) is 2.04.